The molecule has 0 spiro atoms. The molecule has 41 heavy (non-hydrogen) atoms. The van der Waals surface area contributed by atoms with E-state index in [2.05, 4.69) is 15.4 Å². The fourth-order valence-electron chi connectivity index (χ4n) is 6.24. The monoisotopic (exact) mass is 574 g/mol. The van der Waals surface area contributed by atoms with Gasteiger partial charge < -0.3 is 4.90 Å². The minimum Gasteiger partial charge on any atom is -0.302 e. The predicted molar refractivity (Wildman–Crippen MR) is 154 cm³/mol. The number of hydrazone groups is 1. The molecule has 0 saturated carbocycles. The largest absolute Gasteiger partial charge is 0.302 e. The van der Waals surface area contributed by atoms with Crippen molar-refractivity contribution in [2.24, 2.45) is 11.0 Å². The van der Waals surface area contributed by atoms with Gasteiger partial charge in [0.2, 0.25) is 0 Å². The molecule has 1 aliphatic carbocycles. The topological polar surface area (TPSA) is 153 Å². The van der Waals surface area contributed by atoms with Crippen LogP contribution in [0, 0.1) is 26.1 Å². The SMILES string of the molecule is CC(=NNc1ccc([N+](=O)[O-])cc1[N+](=O)[O-])C1CN(C)C2Cc3cn(S(=O)(=O)c4ccccc4)c4cccc(c34)C12. The Morgan fingerprint density at radius 2 is 1.78 bits per heavy atom. The molecule has 1 aliphatic heterocycles. The standard InChI is InChI=1S/C28H26N6O6S/c1-17(29-30-23-12-11-19(33(35)36)14-25(23)34(37)38)22-16-31(2)26-13-18-15-32(41(39,40)20-7-4-3-5-8-20)24-10-6-9-21(27(18)24)28(22)26/h3-12,14-15,22,26,28,30H,13,16H2,1-2H3. The third kappa shape index (κ3) is 4.33. The van der Waals surface area contributed by atoms with Crippen molar-refractivity contribution in [3.63, 3.8) is 0 Å². The van der Waals surface area contributed by atoms with Crippen molar-refractivity contribution in [3.05, 3.63) is 104 Å². The van der Waals surface area contributed by atoms with Crippen LogP contribution in [-0.4, -0.2) is 52.5 Å². The zero-order chi connectivity index (χ0) is 29.1. The van der Waals surface area contributed by atoms with E-state index in [1.807, 2.05) is 32.2 Å². The number of nitro benzene ring substituents is 2. The van der Waals surface area contributed by atoms with Crippen molar-refractivity contribution in [2.75, 3.05) is 19.0 Å². The lowest BCUT2D eigenvalue weighted by molar-refractivity contribution is -0.393. The van der Waals surface area contributed by atoms with Crippen molar-refractivity contribution in [1.82, 2.24) is 8.87 Å². The van der Waals surface area contributed by atoms with E-state index in [-0.39, 0.29) is 34.1 Å². The number of likely N-dealkylation sites (N-methyl/N-ethyl adjacent to an activating group) is 1. The first kappa shape index (κ1) is 26.6. The van der Waals surface area contributed by atoms with Gasteiger partial charge in [-0.25, -0.2) is 12.4 Å². The number of aromatic nitrogens is 1. The smallest absolute Gasteiger partial charge is 0.301 e. The van der Waals surface area contributed by atoms with E-state index in [1.165, 1.54) is 16.1 Å². The van der Waals surface area contributed by atoms with Crippen LogP contribution in [0.2, 0.25) is 0 Å². The number of anilines is 1. The van der Waals surface area contributed by atoms with Gasteiger partial charge in [0.25, 0.3) is 15.7 Å². The van der Waals surface area contributed by atoms with Gasteiger partial charge in [0.05, 0.1) is 26.3 Å². The number of nitrogens with zero attached hydrogens (tertiary/aromatic N) is 5. The number of nitro groups is 2. The number of nitrogens with one attached hydrogen (secondary N) is 1. The minimum absolute atomic E-state index is 0.0175. The molecule has 0 amide bonds. The van der Waals surface area contributed by atoms with Gasteiger partial charge in [-0.15, -0.1) is 0 Å². The number of hydrogen-bond acceptors (Lipinski definition) is 9. The van der Waals surface area contributed by atoms with Gasteiger partial charge >= 0.3 is 5.69 Å². The van der Waals surface area contributed by atoms with Gasteiger partial charge in [0.15, 0.2) is 0 Å². The highest BCUT2D eigenvalue weighted by Crippen LogP contribution is 2.48. The van der Waals surface area contributed by atoms with E-state index >= 15 is 0 Å². The van der Waals surface area contributed by atoms with Gasteiger partial charge in [-0.2, -0.15) is 5.10 Å². The molecule has 3 atom stereocenters. The van der Waals surface area contributed by atoms with E-state index in [0.717, 1.165) is 22.6 Å². The van der Waals surface area contributed by atoms with Crippen LogP contribution in [0.1, 0.15) is 24.0 Å². The maximum Gasteiger partial charge on any atom is 0.301 e. The lowest BCUT2D eigenvalue weighted by atomic mass is 9.75. The highest BCUT2D eigenvalue weighted by atomic mass is 32.2. The maximum absolute atomic E-state index is 13.6. The summed E-state index contributed by atoms with van der Waals surface area (Å²) in [6, 6.07) is 17.6. The van der Waals surface area contributed by atoms with Crippen LogP contribution in [0.25, 0.3) is 10.9 Å². The summed E-state index contributed by atoms with van der Waals surface area (Å²) < 4.78 is 28.5. The Labute approximate surface area is 235 Å². The fourth-order valence-corrected chi connectivity index (χ4v) is 7.65. The lowest BCUT2D eigenvalue weighted by Gasteiger charge is -2.31. The van der Waals surface area contributed by atoms with Crippen LogP contribution in [0.5, 0.6) is 0 Å². The average molecular weight is 575 g/mol. The normalized spacial score (nSPS) is 20.6. The molecular weight excluding hydrogens is 548 g/mol. The van der Waals surface area contributed by atoms with Gasteiger partial charge in [-0.3, -0.25) is 25.7 Å². The molecule has 3 unspecified atom stereocenters. The fraction of sp³-hybridized carbons (Fsp3) is 0.250. The first-order chi connectivity index (χ1) is 19.6. The Morgan fingerprint density at radius 3 is 2.49 bits per heavy atom. The highest BCUT2D eigenvalue weighted by Gasteiger charge is 2.46. The third-order valence-corrected chi connectivity index (χ3v) is 9.86. The molecule has 13 heteroatoms. The second kappa shape index (κ2) is 9.78. The second-order valence-electron chi connectivity index (χ2n) is 10.4. The predicted octanol–water partition coefficient (Wildman–Crippen LogP) is 4.75. The highest BCUT2D eigenvalue weighted by molar-refractivity contribution is 7.90. The molecule has 1 saturated heterocycles. The summed E-state index contributed by atoms with van der Waals surface area (Å²) in [5.41, 5.74) is 5.35. The number of benzene rings is 3. The Hall–Kier alpha value is -4.62. The van der Waals surface area contributed by atoms with Crippen molar-refractivity contribution in [2.45, 2.75) is 30.2 Å². The van der Waals surface area contributed by atoms with Gasteiger partial charge in [0.1, 0.15) is 5.69 Å². The van der Waals surface area contributed by atoms with Crippen LogP contribution in [-0.2, 0) is 16.4 Å². The quantitative estimate of drug-likeness (QED) is 0.188. The van der Waals surface area contributed by atoms with Crippen LogP contribution in [0.15, 0.2) is 82.9 Å². The van der Waals surface area contributed by atoms with Crippen molar-refractivity contribution in [1.29, 1.82) is 0 Å². The molecule has 6 rings (SSSR count). The van der Waals surface area contributed by atoms with E-state index in [1.54, 1.807) is 36.5 Å². The maximum atomic E-state index is 13.6. The summed E-state index contributed by atoms with van der Waals surface area (Å²) in [5.74, 6) is -0.0358. The van der Waals surface area contributed by atoms with Gasteiger partial charge in [-0.05, 0) is 55.8 Å². The minimum atomic E-state index is -3.80. The molecule has 3 aromatic carbocycles. The molecule has 4 aromatic rings. The molecule has 2 heterocycles. The van der Waals surface area contributed by atoms with Crippen molar-refractivity contribution < 1.29 is 18.3 Å². The van der Waals surface area contributed by atoms with Gasteiger partial charge in [-0.1, -0.05) is 30.3 Å². The van der Waals surface area contributed by atoms with Crippen LogP contribution >= 0.6 is 0 Å². The molecule has 0 bridgehead atoms. The Bertz CT molecular complexity index is 1850. The molecule has 1 aromatic heterocycles. The zero-order valence-electron chi connectivity index (χ0n) is 22.2. The molecule has 1 fully saturated rings. The molecule has 210 valence electrons. The van der Waals surface area contributed by atoms with E-state index in [0.29, 0.717) is 24.2 Å². The molecular formula is C28H26N6O6S. The van der Waals surface area contributed by atoms with Crippen molar-refractivity contribution >= 4 is 43.7 Å². The summed E-state index contributed by atoms with van der Waals surface area (Å²) >= 11 is 0. The zero-order valence-corrected chi connectivity index (χ0v) is 23.0. The Balaban J connectivity index is 1.38. The average Bonchev–Trinajstić information content (AvgIpc) is 3.51. The first-order valence-corrected chi connectivity index (χ1v) is 14.4. The van der Waals surface area contributed by atoms with Crippen LogP contribution in [0.3, 0.4) is 0 Å². The third-order valence-electron chi connectivity index (χ3n) is 8.17. The van der Waals surface area contributed by atoms with Gasteiger partial charge in [0, 0.05) is 47.8 Å². The summed E-state index contributed by atoms with van der Waals surface area (Å²) in [6.45, 7) is 2.55. The summed E-state index contributed by atoms with van der Waals surface area (Å²) in [4.78, 5) is 23.7. The molecule has 12 nitrogen and oxygen atoms in total. The second-order valence-corrected chi connectivity index (χ2v) is 12.2. The lowest BCUT2D eigenvalue weighted by Crippen LogP contribution is -2.33. The summed E-state index contributed by atoms with van der Waals surface area (Å²) in [7, 11) is -1.77. The van der Waals surface area contributed by atoms with E-state index < -0.39 is 25.6 Å². The Morgan fingerprint density at radius 1 is 1.02 bits per heavy atom. The van der Waals surface area contributed by atoms with Crippen LogP contribution < -0.4 is 5.43 Å². The molecule has 0 radical (unpaired) electrons. The van der Waals surface area contributed by atoms with E-state index in [9.17, 15) is 28.6 Å². The van der Waals surface area contributed by atoms with E-state index in [4.69, 9.17) is 0 Å². The molecule has 2 aliphatic rings. The van der Waals surface area contributed by atoms with Crippen molar-refractivity contribution in [3.8, 4) is 0 Å². The summed E-state index contributed by atoms with van der Waals surface area (Å²) in [6.07, 6.45) is 2.40. The summed E-state index contributed by atoms with van der Waals surface area (Å²) in [5, 5.41) is 28.1. The Kier molecular flexibility index (Phi) is 6.35. The number of rotatable bonds is 7. The van der Waals surface area contributed by atoms with Crippen LogP contribution in [0.4, 0.5) is 17.1 Å². The number of hydrogen-bond donors (Lipinski definition) is 1. The number of fused-ring (bicyclic) bond motifs is 2. The molecule has 1 N–H and O–H groups in total. The number of non-ortho nitro benzene ring substituents is 1. The first-order valence-electron chi connectivity index (χ1n) is 12.9. The number of likely N-dealkylation sites (tertiary alicyclic amines) is 1.